The summed E-state index contributed by atoms with van der Waals surface area (Å²) in [5.74, 6) is -0.281. The summed E-state index contributed by atoms with van der Waals surface area (Å²) in [6.45, 7) is 1.94. The predicted molar refractivity (Wildman–Crippen MR) is 55.5 cm³/mol. The molecule has 1 rings (SSSR count). The second kappa shape index (κ2) is 5.31. The van der Waals surface area contributed by atoms with Gasteiger partial charge in [0.25, 0.3) is 5.56 Å². The largest absolute Gasteiger partial charge is 0.395 e. The minimum atomic E-state index is -0.281. The van der Waals surface area contributed by atoms with Crippen LogP contribution in [0.1, 0.15) is 5.56 Å². The first kappa shape index (κ1) is 11.5. The molecule has 0 radical (unpaired) electrons. The Morgan fingerprint density at radius 3 is 2.93 bits per heavy atom. The topological polar surface area (TPSA) is 71.3 Å². The van der Waals surface area contributed by atoms with Gasteiger partial charge in [-0.05, 0) is 12.5 Å². The molecule has 0 aliphatic heterocycles. The highest BCUT2D eigenvalue weighted by atomic mass is 16.3. The van der Waals surface area contributed by atoms with Crippen molar-refractivity contribution in [2.75, 3.05) is 13.2 Å². The average molecular weight is 210 g/mol. The van der Waals surface area contributed by atoms with Crippen LogP contribution in [0.2, 0.25) is 0 Å². The molecule has 0 atom stereocenters. The zero-order chi connectivity index (χ0) is 11.3. The smallest absolute Gasteiger partial charge is 0.251 e. The fourth-order valence-corrected chi connectivity index (χ4v) is 1.18. The van der Waals surface area contributed by atoms with Crippen LogP contribution < -0.4 is 10.9 Å². The summed E-state index contributed by atoms with van der Waals surface area (Å²) in [7, 11) is 0. The molecule has 5 nitrogen and oxygen atoms in total. The molecular formula is C10H14N2O3. The van der Waals surface area contributed by atoms with Crippen molar-refractivity contribution < 1.29 is 9.90 Å². The fourth-order valence-electron chi connectivity index (χ4n) is 1.18. The Kier molecular flexibility index (Phi) is 4.05. The van der Waals surface area contributed by atoms with E-state index in [1.54, 1.807) is 12.3 Å². The van der Waals surface area contributed by atoms with Crippen molar-refractivity contribution in [1.82, 2.24) is 9.88 Å². The van der Waals surface area contributed by atoms with Crippen molar-refractivity contribution in [3.05, 3.63) is 34.2 Å². The molecule has 0 saturated carbocycles. The first-order valence-electron chi connectivity index (χ1n) is 4.68. The van der Waals surface area contributed by atoms with Crippen molar-refractivity contribution >= 4 is 5.91 Å². The Morgan fingerprint density at radius 2 is 2.27 bits per heavy atom. The number of nitrogens with zero attached hydrogens (tertiary/aromatic N) is 1. The molecule has 5 heteroatoms. The maximum Gasteiger partial charge on any atom is 0.251 e. The lowest BCUT2D eigenvalue weighted by Gasteiger charge is -2.06. The molecule has 0 spiro atoms. The molecule has 0 fully saturated rings. The molecule has 2 N–H and O–H groups in total. The molecule has 1 heterocycles. The van der Waals surface area contributed by atoms with E-state index >= 15 is 0 Å². The third kappa shape index (κ3) is 3.55. The highest BCUT2D eigenvalue weighted by Crippen LogP contribution is 1.91. The standard InChI is InChI=1S/C10H14N2O3/c1-8-2-3-10(15)12(6-8)7-9(14)11-4-5-13/h2-3,6,13H,4-5,7H2,1H3,(H,11,14). The van der Waals surface area contributed by atoms with Gasteiger partial charge in [0.15, 0.2) is 0 Å². The van der Waals surface area contributed by atoms with Gasteiger partial charge < -0.3 is 15.0 Å². The van der Waals surface area contributed by atoms with Crippen LogP contribution in [-0.4, -0.2) is 28.7 Å². The molecule has 0 bridgehead atoms. The minimum absolute atomic E-state index is 0.0134. The number of aromatic nitrogens is 1. The molecule has 1 amide bonds. The van der Waals surface area contributed by atoms with Gasteiger partial charge in [0.1, 0.15) is 6.54 Å². The molecule has 0 aromatic carbocycles. The van der Waals surface area contributed by atoms with E-state index in [9.17, 15) is 9.59 Å². The number of rotatable bonds is 4. The van der Waals surface area contributed by atoms with Gasteiger partial charge in [-0.3, -0.25) is 9.59 Å². The van der Waals surface area contributed by atoms with Crippen molar-refractivity contribution in [3.8, 4) is 0 Å². The van der Waals surface area contributed by atoms with Crippen LogP contribution >= 0.6 is 0 Å². The number of nitrogens with one attached hydrogen (secondary N) is 1. The SMILES string of the molecule is Cc1ccc(=O)n(CC(=O)NCCO)c1. The van der Waals surface area contributed by atoms with Crippen molar-refractivity contribution in [2.45, 2.75) is 13.5 Å². The summed E-state index contributed by atoms with van der Waals surface area (Å²) in [5, 5.41) is 11.0. The molecular weight excluding hydrogens is 196 g/mol. The number of aliphatic hydroxyl groups is 1. The Labute approximate surface area is 87.4 Å². The number of carbonyl (C=O) groups excluding carboxylic acids is 1. The minimum Gasteiger partial charge on any atom is -0.395 e. The molecule has 0 saturated heterocycles. The summed E-state index contributed by atoms with van der Waals surface area (Å²) in [6, 6.07) is 3.12. The lowest BCUT2D eigenvalue weighted by Crippen LogP contribution is -2.33. The van der Waals surface area contributed by atoms with E-state index in [-0.39, 0.29) is 31.2 Å². The third-order valence-corrected chi connectivity index (χ3v) is 1.88. The molecule has 0 unspecified atom stereocenters. The zero-order valence-electron chi connectivity index (χ0n) is 8.56. The van der Waals surface area contributed by atoms with Gasteiger partial charge in [-0.25, -0.2) is 0 Å². The Bertz CT molecular complexity index is 398. The van der Waals surface area contributed by atoms with Crippen molar-refractivity contribution in [2.24, 2.45) is 0 Å². The molecule has 15 heavy (non-hydrogen) atoms. The molecule has 1 aromatic rings. The highest BCUT2D eigenvalue weighted by molar-refractivity contribution is 5.75. The van der Waals surface area contributed by atoms with Crippen LogP contribution in [0.25, 0.3) is 0 Å². The van der Waals surface area contributed by atoms with Crippen LogP contribution in [0.15, 0.2) is 23.1 Å². The monoisotopic (exact) mass is 210 g/mol. The van der Waals surface area contributed by atoms with Crippen LogP contribution in [0, 0.1) is 6.92 Å². The summed E-state index contributed by atoms with van der Waals surface area (Å²) in [6.07, 6.45) is 1.63. The number of aryl methyl sites for hydroxylation is 1. The fraction of sp³-hybridized carbons (Fsp3) is 0.400. The first-order valence-corrected chi connectivity index (χ1v) is 4.68. The quantitative estimate of drug-likeness (QED) is 0.688. The Balaban J connectivity index is 2.68. The van der Waals surface area contributed by atoms with Crippen LogP contribution in [0.5, 0.6) is 0 Å². The summed E-state index contributed by atoms with van der Waals surface area (Å²) < 4.78 is 1.34. The zero-order valence-corrected chi connectivity index (χ0v) is 8.56. The van der Waals surface area contributed by atoms with Gasteiger partial charge in [0.2, 0.25) is 5.91 Å². The van der Waals surface area contributed by atoms with E-state index in [1.807, 2.05) is 6.92 Å². The van der Waals surface area contributed by atoms with Crippen molar-refractivity contribution in [1.29, 1.82) is 0 Å². The van der Waals surface area contributed by atoms with Crippen molar-refractivity contribution in [3.63, 3.8) is 0 Å². The molecule has 0 aliphatic carbocycles. The second-order valence-corrected chi connectivity index (χ2v) is 3.25. The van der Waals surface area contributed by atoms with Gasteiger partial charge in [-0.1, -0.05) is 6.07 Å². The lowest BCUT2D eigenvalue weighted by atomic mass is 10.3. The van der Waals surface area contributed by atoms with Gasteiger partial charge in [0.05, 0.1) is 6.61 Å². The lowest BCUT2D eigenvalue weighted by molar-refractivity contribution is -0.121. The van der Waals surface area contributed by atoms with E-state index in [2.05, 4.69) is 5.32 Å². The third-order valence-electron chi connectivity index (χ3n) is 1.88. The molecule has 1 aromatic heterocycles. The maximum absolute atomic E-state index is 11.3. The highest BCUT2D eigenvalue weighted by Gasteiger charge is 2.03. The van der Waals surface area contributed by atoms with E-state index in [1.165, 1.54) is 10.6 Å². The van der Waals surface area contributed by atoms with E-state index in [4.69, 9.17) is 5.11 Å². The average Bonchev–Trinajstić information content (AvgIpc) is 2.20. The number of hydrogen-bond donors (Lipinski definition) is 2. The van der Waals surface area contributed by atoms with E-state index < -0.39 is 0 Å². The number of carbonyl (C=O) groups is 1. The van der Waals surface area contributed by atoms with E-state index in [0.717, 1.165) is 5.56 Å². The number of aliphatic hydroxyl groups excluding tert-OH is 1. The normalized spacial score (nSPS) is 10.0. The van der Waals surface area contributed by atoms with Gasteiger partial charge in [-0.15, -0.1) is 0 Å². The summed E-state index contributed by atoms with van der Waals surface area (Å²) in [5.41, 5.74) is 0.712. The molecule has 82 valence electrons. The first-order chi connectivity index (χ1) is 7.13. The Morgan fingerprint density at radius 1 is 1.53 bits per heavy atom. The van der Waals surface area contributed by atoms with Crippen LogP contribution in [0.4, 0.5) is 0 Å². The summed E-state index contributed by atoms with van der Waals surface area (Å²) >= 11 is 0. The second-order valence-electron chi connectivity index (χ2n) is 3.25. The number of hydrogen-bond acceptors (Lipinski definition) is 3. The van der Waals surface area contributed by atoms with Gasteiger partial charge >= 0.3 is 0 Å². The van der Waals surface area contributed by atoms with E-state index in [0.29, 0.717) is 0 Å². The number of amides is 1. The Hall–Kier alpha value is -1.62. The van der Waals surface area contributed by atoms with Crippen LogP contribution in [0.3, 0.4) is 0 Å². The predicted octanol–water partition coefficient (Wildman–Crippen LogP) is -0.735. The maximum atomic E-state index is 11.3. The van der Waals surface area contributed by atoms with Crippen LogP contribution in [-0.2, 0) is 11.3 Å². The number of pyridine rings is 1. The van der Waals surface area contributed by atoms with Gasteiger partial charge in [-0.2, -0.15) is 0 Å². The molecule has 0 aliphatic rings. The summed E-state index contributed by atoms with van der Waals surface area (Å²) in [4.78, 5) is 22.6. The van der Waals surface area contributed by atoms with Gasteiger partial charge in [0, 0.05) is 18.8 Å².